The van der Waals surface area contributed by atoms with Crippen LogP contribution in [0.4, 0.5) is 0 Å². The van der Waals surface area contributed by atoms with Crippen LogP contribution in [0.2, 0.25) is 0 Å². The molecule has 0 unspecified atom stereocenters. The molecule has 0 radical (unpaired) electrons. The molecule has 6 nitrogen and oxygen atoms in total. The van der Waals surface area contributed by atoms with Gasteiger partial charge < -0.3 is 14.2 Å². The van der Waals surface area contributed by atoms with Gasteiger partial charge in [-0.15, -0.1) is 0 Å². The van der Waals surface area contributed by atoms with Crippen LogP contribution in [0.15, 0.2) is 36.5 Å². The van der Waals surface area contributed by atoms with Crippen LogP contribution in [0.5, 0.6) is 0 Å². The first-order valence-electron chi connectivity index (χ1n) is 27.5. The number of esters is 3. The number of hydrogen-bond donors (Lipinski definition) is 0. The highest BCUT2D eigenvalue weighted by atomic mass is 16.6. The molecule has 368 valence electrons. The van der Waals surface area contributed by atoms with Crippen molar-refractivity contribution in [3.8, 4) is 0 Å². The molecule has 0 aromatic rings. The first-order valence-corrected chi connectivity index (χ1v) is 27.5. The molecule has 0 spiro atoms. The molecule has 0 amide bonds. The van der Waals surface area contributed by atoms with Crippen molar-refractivity contribution >= 4 is 17.9 Å². The van der Waals surface area contributed by atoms with Crippen LogP contribution in [-0.4, -0.2) is 37.2 Å². The molecule has 1 atom stereocenters. The van der Waals surface area contributed by atoms with Crippen LogP contribution in [-0.2, 0) is 28.6 Å². The van der Waals surface area contributed by atoms with Gasteiger partial charge in [0.1, 0.15) is 13.2 Å². The maximum Gasteiger partial charge on any atom is 0.306 e. The number of hydrogen-bond acceptors (Lipinski definition) is 6. The Hall–Kier alpha value is -2.37. The third kappa shape index (κ3) is 50.5. The minimum Gasteiger partial charge on any atom is -0.462 e. The van der Waals surface area contributed by atoms with Crippen LogP contribution in [0.25, 0.3) is 0 Å². The van der Waals surface area contributed by atoms with Gasteiger partial charge in [0.25, 0.3) is 0 Å². The zero-order chi connectivity index (χ0) is 45.8. The van der Waals surface area contributed by atoms with E-state index in [4.69, 9.17) is 14.2 Å². The fourth-order valence-corrected chi connectivity index (χ4v) is 7.94. The smallest absolute Gasteiger partial charge is 0.306 e. The number of carbonyl (C=O) groups excluding carboxylic acids is 3. The third-order valence-electron chi connectivity index (χ3n) is 12.1. The highest BCUT2D eigenvalue weighted by molar-refractivity contribution is 5.71. The van der Waals surface area contributed by atoms with E-state index in [9.17, 15) is 14.4 Å². The van der Waals surface area contributed by atoms with Crippen molar-refractivity contribution in [2.45, 2.75) is 297 Å². The van der Waals surface area contributed by atoms with Gasteiger partial charge in [0, 0.05) is 19.3 Å². The van der Waals surface area contributed by atoms with Crippen molar-refractivity contribution < 1.29 is 28.6 Å². The Morgan fingerprint density at radius 1 is 0.317 bits per heavy atom. The SMILES string of the molecule is CCCCC/C=C\C/C=C\CCCCCCCCCC(=O)OC[C@H](COC(=O)CCCCCCCCC/C=C\CCCCCC)OC(=O)CCCCCCCCCCCCCCC. The average Bonchev–Trinajstić information content (AvgIpc) is 3.28. The van der Waals surface area contributed by atoms with E-state index < -0.39 is 6.10 Å². The van der Waals surface area contributed by atoms with E-state index in [1.165, 1.54) is 180 Å². The molecular weight excluding hydrogens is 781 g/mol. The molecule has 0 N–H and O–H groups in total. The Morgan fingerprint density at radius 2 is 0.571 bits per heavy atom. The fraction of sp³-hybridized carbons (Fsp3) is 0.842. The maximum atomic E-state index is 12.8. The van der Waals surface area contributed by atoms with Crippen molar-refractivity contribution in [3.63, 3.8) is 0 Å². The van der Waals surface area contributed by atoms with Crippen LogP contribution >= 0.6 is 0 Å². The molecular formula is C57H104O6. The van der Waals surface area contributed by atoms with Gasteiger partial charge in [-0.05, 0) is 77.0 Å². The molecule has 0 fully saturated rings. The van der Waals surface area contributed by atoms with Gasteiger partial charge in [-0.1, -0.05) is 231 Å². The lowest BCUT2D eigenvalue weighted by Crippen LogP contribution is -2.30. The molecule has 0 aliphatic carbocycles. The number of unbranched alkanes of at least 4 members (excludes halogenated alkanes) is 33. The van der Waals surface area contributed by atoms with Crippen molar-refractivity contribution in [3.05, 3.63) is 36.5 Å². The standard InChI is InChI=1S/C57H104O6/c1-4-7-10-13-16-19-22-25-27-28-30-33-35-38-41-44-47-50-56(59)62-53-54(63-57(60)51-48-45-42-39-36-31-24-21-18-15-12-9-6-3)52-61-55(58)49-46-43-40-37-34-32-29-26-23-20-17-14-11-8-5-2/h16,19-20,23,25,27,54H,4-15,17-18,21-22,24,26,28-53H2,1-3H3/b19-16-,23-20-,27-25-/t54-/m0/s1. The summed E-state index contributed by atoms with van der Waals surface area (Å²) in [5.74, 6) is -0.872. The zero-order valence-corrected chi connectivity index (χ0v) is 42.1. The molecule has 0 heterocycles. The summed E-state index contributed by atoms with van der Waals surface area (Å²) >= 11 is 0. The highest BCUT2D eigenvalue weighted by Gasteiger charge is 2.19. The molecule has 0 aliphatic rings. The second kappa shape index (κ2) is 52.3. The Bertz CT molecular complexity index is 1060. The van der Waals surface area contributed by atoms with Crippen molar-refractivity contribution in [2.75, 3.05) is 13.2 Å². The summed E-state index contributed by atoms with van der Waals surface area (Å²) < 4.78 is 16.8. The minimum absolute atomic E-state index is 0.0738. The predicted octanol–water partition coefficient (Wildman–Crippen LogP) is 18.1. The van der Waals surface area contributed by atoms with Gasteiger partial charge in [0.2, 0.25) is 0 Å². The lowest BCUT2D eigenvalue weighted by Gasteiger charge is -2.18. The maximum absolute atomic E-state index is 12.8. The highest BCUT2D eigenvalue weighted by Crippen LogP contribution is 2.16. The van der Waals surface area contributed by atoms with Gasteiger partial charge >= 0.3 is 17.9 Å². The summed E-state index contributed by atoms with van der Waals surface area (Å²) in [5, 5.41) is 0. The number of carbonyl (C=O) groups is 3. The number of allylic oxidation sites excluding steroid dienone is 6. The first kappa shape index (κ1) is 60.6. The Labute approximate surface area is 391 Å². The molecule has 0 aromatic carbocycles. The lowest BCUT2D eigenvalue weighted by molar-refractivity contribution is -0.167. The van der Waals surface area contributed by atoms with Crippen LogP contribution < -0.4 is 0 Å². The summed E-state index contributed by atoms with van der Waals surface area (Å²) in [6.07, 6.45) is 61.2. The van der Waals surface area contributed by atoms with E-state index in [0.29, 0.717) is 19.3 Å². The molecule has 0 aromatic heterocycles. The Morgan fingerprint density at radius 3 is 0.937 bits per heavy atom. The third-order valence-corrected chi connectivity index (χ3v) is 12.1. The van der Waals surface area contributed by atoms with E-state index >= 15 is 0 Å². The summed E-state index contributed by atoms with van der Waals surface area (Å²) in [6.45, 7) is 6.62. The van der Waals surface area contributed by atoms with Crippen LogP contribution in [0.1, 0.15) is 290 Å². The average molecular weight is 885 g/mol. The van der Waals surface area contributed by atoms with Crippen LogP contribution in [0.3, 0.4) is 0 Å². The van der Waals surface area contributed by atoms with E-state index in [1.54, 1.807) is 0 Å². The van der Waals surface area contributed by atoms with Gasteiger partial charge in [-0.2, -0.15) is 0 Å². The van der Waals surface area contributed by atoms with Crippen LogP contribution in [0, 0.1) is 0 Å². The largest absolute Gasteiger partial charge is 0.462 e. The van der Waals surface area contributed by atoms with Crippen molar-refractivity contribution in [1.29, 1.82) is 0 Å². The van der Waals surface area contributed by atoms with E-state index in [2.05, 4.69) is 57.2 Å². The van der Waals surface area contributed by atoms with Gasteiger partial charge in [-0.25, -0.2) is 0 Å². The second-order valence-electron chi connectivity index (χ2n) is 18.5. The summed E-state index contributed by atoms with van der Waals surface area (Å²) in [4.78, 5) is 38.0. The summed E-state index contributed by atoms with van der Waals surface area (Å²) in [5.41, 5.74) is 0. The monoisotopic (exact) mass is 885 g/mol. The number of ether oxygens (including phenoxy) is 3. The van der Waals surface area contributed by atoms with E-state index in [0.717, 1.165) is 70.6 Å². The second-order valence-corrected chi connectivity index (χ2v) is 18.5. The van der Waals surface area contributed by atoms with Crippen molar-refractivity contribution in [1.82, 2.24) is 0 Å². The molecule has 63 heavy (non-hydrogen) atoms. The lowest BCUT2D eigenvalue weighted by atomic mass is 10.0. The topological polar surface area (TPSA) is 78.9 Å². The molecule has 6 heteroatoms. The quantitative estimate of drug-likeness (QED) is 0.0262. The zero-order valence-electron chi connectivity index (χ0n) is 42.1. The molecule has 0 saturated heterocycles. The Balaban J connectivity index is 4.35. The van der Waals surface area contributed by atoms with E-state index in [1.807, 2.05) is 0 Å². The van der Waals surface area contributed by atoms with Crippen molar-refractivity contribution in [2.24, 2.45) is 0 Å². The summed E-state index contributed by atoms with van der Waals surface area (Å²) in [6, 6.07) is 0. The molecule has 0 saturated carbocycles. The van der Waals surface area contributed by atoms with Gasteiger partial charge in [-0.3, -0.25) is 14.4 Å². The summed E-state index contributed by atoms with van der Waals surface area (Å²) in [7, 11) is 0. The predicted molar refractivity (Wildman–Crippen MR) is 270 cm³/mol. The van der Waals surface area contributed by atoms with Gasteiger partial charge in [0.05, 0.1) is 0 Å². The van der Waals surface area contributed by atoms with Gasteiger partial charge in [0.15, 0.2) is 6.10 Å². The van der Waals surface area contributed by atoms with E-state index in [-0.39, 0.29) is 31.1 Å². The first-order chi connectivity index (χ1) is 31.0. The molecule has 0 bridgehead atoms. The molecule has 0 rings (SSSR count). The number of rotatable bonds is 50. The molecule has 0 aliphatic heterocycles. The Kier molecular flexibility index (Phi) is 50.3. The minimum atomic E-state index is -0.773. The fourth-order valence-electron chi connectivity index (χ4n) is 7.94. The normalized spacial score (nSPS) is 12.2.